The van der Waals surface area contributed by atoms with Crippen LogP contribution in [0.25, 0.3) is 0 Å². The van der Waals surface area contributed by atoms with Crippen molar-refractivity contribution in [2.24, 2.45) is 0 Å². The zero-order chi connectivity index (χ0) is 20.2. The third-order valence-corrected chi connectivity index (χ3v) is 4.34. The van der Waals surface area contributed by atoms with Gasteiger partial charge < -0.3 is 4.74 Å². The minimum Gasteiger partial charge on any atom is -0.363 e. The van der Waals surface area contributed by atoms with Gasteiger partial charge in [0.05, 0.1) is 35.1 Å². The van der Waals surface area contributed by atoms with Gasteiger partial charge in [-0.25, -0.2) is 0 Å². The van der Waals surface area contributed by atoms with Gasteiger partial charge in [-0.3, -0.25) is 0 Å². The summed E-state index contributed by atoms with van der Waals surface area (Å²) in [5, 5.41) is 0. The Morgan fingerprint density at radius 2 is 1.07 bits per heavy atom. The molecule has 0 fully saturated rings. The lowest BCUT2D eigenvalue weighted by Gasteiger charge is -2.24. The molecule has 0 bridgehead atoms. The summed E-state index contributed by atoms with van der Waals surface area (Å²) in [4.78, 5) is 0. The molecule has 2 aromatic rings. The van der Waals surface area contributed by atoms with E-state index in [0.717, 1.165) is 24.3 Å². The Hall–Kier alpha value is -1.44. The maximum absolute atomic E-state index is 12.9. The summed E-state index contributed by atoms with van der Waals surface area (Å²) < 4.78 is 83.0. The Morgan fingerprint density at radius 3 is 1.37 bits per heavy atom. The van der Waals surface area contributed by atoms with E-state index in [9.17, 15) is 26.3 Å². The number of hydrogen-bond donors (Lipinski definition) is 0. The zero-order valence-electron chi connectivity index (χ0n) is 13.6. The van der Waals surface area contributed by atoms with E-state index in [0.29, 0.717) is 0 Å². The molecule has 27 heavy (non-hydrogen) atoms. The average molecular weight is 431 g/mol. The van der Waals surface area contributed by atoms with Crippen molar-refractivity contribution in [3.05, 3.63) is 70.8 Å². The smallest absolute Gasteiger partial charge is 0.363 e. The van der Waals surface area contributed by atoms with Gasteiger partial charge in [0.1, 0.15) is 0 Å². The van der Waals surface area contributed by atoms with E-state index in [1.807, 2.05) is 0 Å². The van der Waals surface area contributed by atoms with Crippen LogP contribution in [0, 0.1) is 0 Å². The quantitative estimate of drug-likeness (QED) is 0.354. The predicted molar refractivity (Wildman–Crippen MR) is 90.9 cm³/mol. The highest BCUT2D eigenvalue weighted by Crippen LogP contribution is 2.35. The van der Waals surface area contributed by atoms with Crippen LogP contribution in [-0.4, -0.2) is 11.8 Å². The highest BCUT2D eigenvalue weighted by molar-refractivity contribution is 6.18. The highest BCUT2D eigenvalue weighted by Gasteiger charge is 2.32. The Labute approximate surface area is 161 Å². The molecule has 2 rings (SSSR count). The molecule has 0 saturated carbocycles. The number of alkyl halides is 8. The van der Waals surface area contributed by atoms with E-state index >= 15 is 0 Å². The molecular formula is C18H14Cl2F6O. The number of hydrogen-bond acceptors (Lipinski definition) is 1. The number of rotatable bonds is 6. The lowest BCUT2D eigenvalue weighted by molar-refractivity contribution is -0.138. The lowest BCUT2D eigenvalue weighted by Crippen LogP contribution is -2.15. The molecule has 1 nitrogen and oxygen atoms in total. The fourth-order valence-electron chi connectivity index (χ4n) is 2.44. The maximum atomic E-state index is 12.9. The second-order valence-corrected chi connectivity index (χ2v) is 6.29. The monoisotopic (exact) mass is 430 g/mol. The molecule has 0 radical (unpaired) electrons. The fraction of sp³-hybridized carbons (Fsp3) is 0.333. The van der Waals surface area contributed by atoms with Crippen molar-refractivity contribution in [1.29, 1.82) is 0 Å². The number of ether oxygens (including phenoxy) is 1. The van der Waals surface area contributed by atoms with Crippen molar-refractivity contribution in [3.63, 3.8) is 0 Å². The fourth-order valence-corrected chi connectivity index (χ4v) is 2.94. The van der Waals surface area contributed by atoms with E-state index in [1.165, 1.54) is 24.3 Å². The first-order chi connectivity index (χ1) is 12.6. The van der Waals surface area contributed by atoms with Crippen molar-refractivity contribution < 1.29 is 31.1 Å². The van der Waals surface area contributed by atoms with Crippen LogP contribution in [0.1, 0.15) is 34.5 Å². The first kappa shape index (κ1) is 21.9. The topological polar surface area (TPSA) is 9.23 Å². The normalized spacial score (nSPS) is 14.8. The van der Waals surface area contributed by atoms with Crippen LogP contribution < -0.4 is 0 Å². The summed E-state index contributed by atoms with van der Waals surface area (Å²) in [5.41, 5.74) is -1.44. The molecule has 2 unspecified atom stereocenters. The molecule has 0 saturated heterocycles. The number of benzene rings is 2. The molecule has 0 spiro atoms. The van der Waals surface area contributed by atoms with Crippen LogP contribution in [0.3, 0.4) is 0 Å². The van der Waals surface area contributed by atoms with E-state index < -0.39 is 35.7 Å². The third-order valence-electron chi connectivity index (χ3n) is 3.78. The molecule has 148 valence electrons. The summed E-state index contributed by atoms with van der Waals surface area (Å²) in [6, 6.07) is 8.82. The minimum atomic E-state index is -4.54. The van der Waals surface area contributed by atoms with E-state index in [2.05, 4.69) is 0 Å². The summed E-state index contributed by atoms with van der Waals surface area (Å²) in [6.07, 6.45) is -11.0. The average Bonchev–Trinajstić information content (AvgIpc) is 2.61. The second kappa shape index (κ2) is 8.71. The SMILES string of the molecule is FC(F)(F)c1cccc(C(CCl)OC(CCl)c2cccc(C(F)(F)F)c2)c1. The summed E-state index contributed by atoms with van der Waals surface area (Å²) in [6.45, 7) is 0. The maximum Gasteiger partial charge on any atom is 0.416 e. The highest BCUT2D eigenvalue weighted by atomic mass is 35.5. The largest absolute Gasteiger partial charge is 0.416 e. The Morgan fingerprint density at radius 1 is 0.704 bits per heavy atom. The third kappa shape index (κ3) is 5.77. The molecule has 0 N–H and O–H groups in total. The molecular weight excluding hydrogens is 417 g/mol. The lowest BCUT2D eigenvalue weighted by atomic mass is 10.0. The molecule has 0 aliphatic rings. The first-order valence-electron chi connectivity index (χ1n) is 7.68. The Kier molecular flexibility index (Phi) is 7.05. The van der Waals surface area contributed by atoms with Gasteiger partial charge in [0.15, 0.2) is 0 Å². The molecule has 0 aliphatic heterocycles. The van der Waals surface area contributed by atoms with Crippen molar-refractivity contribution in [3.8, 4) is 0 Å². The number of halogens is 8. The van der Waals surface area contributed by atoms with Crippen LogP contribution in [0.5, 0.6) is 0 Å². The Bertz CT molecular complexity index is 697. The van der Waals surface area contributed by atoms with Crippen molar-refractivity contribution >= 4 is 23.2 Å². The standard InChI is InChI=1S/C18H14Cl2F6O/c19-9-15(11-3-1-5-13(7-11)17(21,22)23)27-16(10-20)12-4-2-6-14(8-12)18(24,25)26/h1-8,15-16H,9-10H2. The van der Waals surface area contributed by atoms with Crippen molar-refractivity contribution in [1.82, 2.24) is 0 Å². The second-order valence-electron chi connectivity index (χ2n) is 5.67. The van der Waals surface area contributed by atoms with Crippen LogP contribution >= 0.6 is 23.2 Å². The molecule has 0 aliphatic carbocycles. The van der Waals surface area contributed by atoms with Gasteiger partial charge in [-0.2, -0.15) is 26.3 Å². The molecule has 2 aromatic carbocycles. The van der Waals surface area contributed by atoms with Gasteiger partial charge in [-0.05, 0) is 35.4 Å². The molecule has 0 aromatic heterocycles. The van der Waals surface area contributed by atoms with Gasteiger partial charge in [0.25, 0.3) is 0 Å². The van der Waals surface area contributed by atoms with Crippen LogP contribution in [0.4, 0.5) is 26.3 Å². The zero-order valence-corrected chi connectivity index (χ0v) is 15.1. The molecule has 0 amide bonds. The molecule has 2 atom stereocenters. The van der Waals surface area contributed by atoms with Gasteiger partial charge >= 0.3 is 12.4 Å². The summed E-state index contributed by atoms with van der Waals surface area (Å²) in [5.74, 6) is -0.401. The summed E-state index contributed by atoms with van der Waals surface area (Å²) >= 11 is 11.7. The van der Waals surface area contributed by atoms with Crippen LogP contribution in [0.15, 0.2) is 48.5 Å². The molecule has 9 heteroatoms. The van der Waals surface area contributed by atoms with Gasteiger partial charge in [0, 0.05) is 0 Å². The predicted octanol–water partition coefficient (Wildman–Crippen LogP) is 7.00. The van der Waals surface area contributed by atoms with Gasteiger partial charge in [-0.15, -0.1) is 23.2 Å². The van der Waals surface area contributed by atoms with E-state index in [-0.39, 0.29) is 22.9 Å². The Balaban J connectivity index is 2.29. The van der Waals surface area contributed by atoms with E-state index in [1.54, 1.807) is 0 Å². The van der Waals surface area contributed by atoms with Crippen molar-refractivity contribution in [2.45, 2.75) is 24.6 Å². The minimum absolute atomic E-state index is 0.155. The van der Waals surface area contributed by atoms with Crippen LogP contribution in [0.2, 0.25) is 0 Å². The first-order valence-corrected chi connectivity index (χ1v) is 8.75. The summed E-state index contributed by atoms with van der Waals surface area (Å²) in [7, 11) is 0. The van der Waals surface area contributed by atoms with Gasteiger partial charge in [-0.1, -0.05) is 24.3 Å². The van der Waals surface area contributed by atoms with Crippen LogP contribution in [-0.2, 0) is 17.1 Å². The molecule has 0 heterocycles. The van der Waals surface area contributed by atoms with E-state index in [4.69, 9.17) is 27.9 Å². The van der Waals surface area contributed by atoms with Gasteiger partial charge in [0.2, 0.25) is 0 Å². The van der Waals surface area contributed by atoms with Crippen molar-refractivity contribution in [2.75, 3.05) is 11.8 Å².